The van der Waals surface area contributed by atoms with Crippen LogP contribution in [0.5, 0.6) is 5.75 Å². The molecule has 2 fully saturated rings. The van der Waals surface area contributed by atoms with Crippen molar-refractivity contribution in [3.63, 3.8) is 0 Å². The van der Waals surface area contributed by atoms with Crippen molar-refractivity contribution in [3.05, 3.63) is 65.7 Å². The highest BCUT2D eigenvalue weighted by atomic mass is 19.1. The average molecular weight is 373 g/mol. The van der Waals surface area contributed by atoms with Gasteiger partial charge in [0, 0.05) is 36.7 Å². The number of hydrogen-bond acceptors (Lipinski definition) is 4. The van der Waals surface area contributed by atoms with Crippen molar-refractivity contribution in [1.29, 1.82) is 0 Å². The first-order chi connectivity index (χ1) is 13.1. The summed E-state index contributed by atoms with van der Waals surface area (Å²) in [6.45, 7) is 1.51. The van der Waals surface area contributed by atoms with Gasteiger partial charge in [-0.3, -0.25) is 15.6 Å². The number of ether oxygens (including phenoxy) is 1. The van der Waals surface area contributed by atoms with Crippen LogP contribution in [0.2, 0.25) is 0 Å². The Morgan fingerprint density at radius 1 is 1.11 bits per heavy atom. The van der Waals surface area contributed by atoms with Crippen LogP contribution in [0.15, 0.2) is 48.5 Å². The van der Waals surface area contributed by atoms with Gasteiger partial charge in [-0.15, -0.1) is 0 Å². The summed E-state index contributed by atoms with van der Waals surface area (Å²) >= 11 is 0. The molecule has 142 valence electrons. The van der Waals surface area contributed by atoms with Gasteiger partial charge in [-0.1, -0.05) is 18.2 Å². The van der Waals surface area contributed by atoms with Gasteiger partial charge in [0.25, 0.3) is 5.91 Å². The number of benzene rings is 2. The van der Waals surface area contributed by atoms with E-state index in [-0.39, 0.29) is 29.5 Å². The molecule has 2 N–H and O–H groups in total. The zero-order chi connectivity index (χ0) is 18.8. The Hall–Kier alpha value is -2.51. The fourth-order valence-electron chi connectivity index (χ4n) is 3.80. The van der Waals surface area contributed by atoms with Crippen LogP contribution in [0.3, 0.4) is 0 Å². The molecule has 2 aliphatic rings. The quantitative estimate of drug-likeness (QED) is 0.864. The van der Waals surface area contributed by atoms with Crippen molar-refractivity contribution in [2.75, 3.05) is 19.7 Å². The lowest BCUT2D eigenvalue weighted by atomic mass is 9.88. The largest absolute Gasteiger partial charge is 0.492 e. The molecule has 1 amide bonds. The number of halogens is 2. The highest BCUT2D eigenvalue weighted by molar-refractivity contribution is 5.94. The number of rotatable bonds is 4. The van der Waals surface area contributed by atoms with Crippen molar-refractivity contribution >= 4 is 5.91 Å². The third-order valence-electron chi connectivity index (χ3n) is 5.20. The number of para-hydroxylation sites is 1. The zero-order valence-corrected chi connectivity index (χ0v) is 14.7. The number of amides is 1. The van der Waals surface area contributed by atoms with Gasteiger partial charge in [-0.05, 0) is 30.7 Å². The molecule has 0 aliphatic carbocycles. The molecule has 2 saturated heterocycles. The van der Waals surface area contributed by atoms with E-state index < -0.39 is 11.6 Å². The smallest absolute Gasteiger partial charge is 0.254 e. The van der Waals surface area contributed by atoms with Gasteiger partial charge in [0.05, 0.1) is 6.04 Å². The van der Waals surface area contributed by atoms with Crippen LogP contribution in [-0.4, -0.2) is 42.6 Å². The van der Waals surface area contributed by atoms with Crippen molar-refractivity contribution in [1.82, 2.24) is 15.8 Å². The van der Waals surface area contributed by atoms with Crippen LogP contribution in [0, 0.1) is 17.6 Å². The van der Waals surface area contributed by atoms with E-state index in [9.17, 15) is 13.6 Å². The fraction of sp³-hybridized carbons (Fsp3) is 0.350. The number of hydrogen-bond donors (Lipinski definition) is 2. The molecule has 0 spiro atoms. The van der Waals surface area contributed by atoms with Gasteiger partial charge >= 0.3 is 0 Å². The van der Waals surface area contributed by atoms with Crippen LogP contribution in [-0.2, 0) is 0 Å². The molecule has 7 heteroatoms. The number of hydrazine groups is 1. The van der Waals surface area contributed by atoms with E-state index in [4.69, 9.17) is 4.74 Å². The minimum atomic E-state index is -0.744. The van der Waals surface area contributed by atoms with Crippen LogP contribution >= 0.6 is 0 Å². The molecule has 2 aromatic carbocycles. The number of piperidine rings is 1. The molecule has 0 bridgehead atoms. The maximum atomic E-state index is 13.4. The second-order valence-electron chi connectivity index (χ2n) is 6.99. The van der Waals surface area contributed by atoms with Crippen molar-refractivity contribution in [2.24, 2.45) is 5.92 Å². The molecular weight excluding hydrogens is 352 g/mol. The second-order valence-corrected chi connectivity index (χ2v) is 6.99. The molecule has 2 aromatic rings. The summed E-state index contributed by atoms with van der Waals surface area (Å²) in [7, 11) is 0. The van der Waals surface area contributed by atoms with Crippen molar-refractivity contribution in [3.8, 4) is 5.75 Å². The van der Waals surface area contributed by atoms with Gasteiger partial charge in [0.15, 0.2) is 0 Å². The lowest BCUT2D eigenvalue weighted by Gasteiger charge is -2.36. The average Bonchev–Trinajstić information content (AvgIpc) is 3.08. The highest BCUT2D eigenvalue weighted by Gasteiger charge is 2.41. The van der Waals surface area contributed by atoms with E-state index in [2.05, 4.69) is 10.9 Å². The van der Waals surface area contributed by atoms with Gasteiger partial charge in [-0.2, -0.15) is 0 Å². The minimum absolute atomic E-state index is 0.0371. The standard InChI is InChI=1S/C20H21F2N3O2/c21-14-8-13(9-15(22)10-14)20(26)25-7-6-18-17(11-25)19(24-23-18)12-27-16-4-2-1-3-5-16/h1-5,8-10,17-19,23-24H,6-7,11-12H2. The highest BCUT2D eigenvalue weighted by Crippen LogP contribution is 2.26. The van der Waals surface area contributed by atoms with Crippen LogP contribution in [0.4, 0.5) is 8.78 Å². The van der Waals surface area contributed by atoms with Gasteiger partial charge in [0.2, 0.25) is 0 Å². The molecule has 27 heavy (non-hydrogen) atoms. The van der Waals surface area contributed by atoms with Crippen LogP contribution in [0.25, 0.3) is 0 Å². The first kappa shape index (κ1) is 17.9. The predicted octanol–water partition coefficient (Wildman–Crippen LogP) is 2.35. The molecule has 2 heterocycles. The predicted molar refractivity (Wildman–Crippen MR) is 96.2 cm³/mol. The van der Waals surface area contributed by atoms with Gasteiger partial charge in [-0.25, -0.2) is 8.78 Å². The fourth-order valence-corrected chi connectivity index (χ4v) is 3.80. The SMILES string of the molecule is O=C(c1cc(F)cc(F)c1)N1CCC2NNC(COc3ccccc3)C2C1. The second kappa shape index (κ2) is 7.62. The number of nitrogens with zero attached hydrogens (tertiary/aromatic N) is 1. The number of carbonyl (C=O) groups is 1. The molecule has 3 atom stereocenters. The summed E-state index contributed by atoms with van der Waals surface area (Å²) < 4.78 is 32.7. The lowest BCUT2D eigenvalue weighted by molar-refractivity contribution is 0.0639. The number of fused-ring (bicyclic) bond motifs is 1. The summed E-state index contributed by atoms with van der Waals surface area (Å²) in [5.41, 5.74) is 6.57. The first-order valence-electron chi connectivity index (χ1n) is 9.04. The lowest BCUT2D eigenvalue weighted by Crippen LogP contribution is -2.49. The van der Waals surface area contributed by atoms with E-state index in [1.54, 1.807) is 4.90 Å². The number of likely N-dealkylation sites (tertiary alicyclic amines) is 1. The Morgan fingerprint density at radius 2 is 1.85 bits per heavy atom. The topological polar surface area (TPSA) is 53.6 Å². The zero-order valence-electron chi connectivity index (χ0n) is 14.7. The Balaban J connectivity index is 1.42. The van der Waals surface area contributed by atoms with E-state index in [1.807, 2.05) is 30.3 Å². The first-order valence-corrected chi connectivity index (χ1v) is 9.04. The normalized spacial score (nSPS) is 24.5. The van der Waals surface area contributed by atoms with Crippen LogP contribution < -0.4 is 15.6 Å². The summed E-state index contributed by atoms with van der Waals surface area (Å²) in [6, 6.07) is 12.8. The third kappa shape index (κ3) is 3.94. The third-order valence-corrected chi connectivity index (χ3v) is 5.20. The molecule has 3 unspecified atom stereocenters. The Labute approximate surface area is 156 Å². The molecule has 4 rings (SSSR count). The van der Waals surface area contributed by atoms with E-state index >= 15 is 0 Å². The Morgan fingerprint density at radius 3 is 2.59 bits per heavy atom. The summed E-state index contributed by atoms with van der Waals surface area (Å²) in [6.07, 6.45) is 0.767. The Bertz CT molecular complexity index is 798. The summed E-state index contributed by atoms with van der Waals surface area (Å²) in [5, 5.41) is 0. The maximum absolute atomic E-state index is 13.4. The van der Waals surface area contributed by atoms with Gasteiger partial charge in [0.1, 0.15) is 24.0 Å². The van der Waals surface area contributed by atoms with E-state index in [1.165, 1.54) is 0 Å². The van der Waals surface area contributed by atoms with Gasteiger partial charge < -0.3 is 9.64 Å². The number of carbonyl (C=O) groups excluding carboxylic acids is 1. The van der Waals surface area contributed by atoms with Crippen molar-refractivity contribution < 1.29 is 18.3 Å². The summed E-state index contributed by atoms with van der Waals surface area (Å²) in [5.74, 6) is -0.883. The number of nitrogens with one attached hydrogen (secondary N) is 2. The molecule has 5 nitrogen and oxygen atoms in total. The Kier molecular flexibility index (Phi) is 5.05. The molecule has 2 aliphatic heterocycles. The molecule has 0 radical (unpaired) electrons. The molecular formula is C20H21F2N3O2. The summed E-state index contributed by atoms with van der Waals surface area (Å²) in [4.78, 5) is 14.4. The molecule has 0 saturated carbocycles. The molecule has 0 aromatic heterocycles. The van der Waals surface area contributed by atoms with Crippen molar-refractivity contribution in [2.45, 2.75) is 18.5 Å². The monoisotopic (exact) mass is 373 g/mol. The van der Waals surface area contributed by atoms with E-state index in [0.717, 1.165) is 30.4 Å². The maximum Gasteiger partial charge on any atom is 0.254 e. The van der Waals surface area contributed by atoms with E-state index in [0.29, 0.717) is 19.7 Å². The minimum Gasteiger partial charge on any atom is -0.492 e. The van der Waals surface area contributed by atoms with Crippen LogP contribution in [0.1, 0.15) is 16.8 Å².